The number of likely N-dealkylation sites (N-methyl/N-ethyl adjacent to an activating group) is 1. The summed E-state index contributed by atoms with van der Waals surface area (Å²) in [5.74, 6) is 0. The summed E-state index contributed by atoms with van der Waals surface area (Å²) in [5.41, 5.74) is 2.49. The van der Waals surface area contributed by atoms with Crippen molar-refractivity contribution in [3.63, 3.8) is 0 Å². The first-order chi connectivity index (χ1) is 16.5. The fraction of sp³-hybridized carbons (Fsp3) is 0.792. The van der Waals surface area contributed by atoms with Crippen molar-refractivity contribution in [2.45, 2.75) is 79.5 Å². The Morgan fingerprint density at radius 2 is 1.34 bits per heavy atom. The van der Waals surface area contributed by atoms with Crippen LogP contribution in [-0.4, -0.2) is 63.0 Å². The summed E-state index contributed by atoms with van der Waals surface area (Å²) in [6.45, 7) is 13.9. The van der Waals surface area contributed by atoms with Crippen molar-refractivity contribution in [3.05, 3.63) is 23.3 Å². The van der Waals surface area contributed by atoms with Crippen LogP contribution in [0.1, 0.15) is 74.1 Å². The van der Waals surface area contributed by atoms with Crippen molar-refractivity contribution >= 4 is 21.3 Å². The standard InChI is InChI=1S/C24H47NO8P2/c1-9-30-34(27,31-10-2)23(35(28,32-11-3)33-12-4)17-14-20-29-24(26)25(8)19-18-22(7)16-13-15-21(5)6/h15,18,23H,9-14,16-17,19-20H2,1-8H3. The van der Waals surface area contributed by atoms with Gasteiger partial charge < -0.3 is 27.7 Å². The second kappa shape index (κ2) is 18.3. The Morgan fingerprint density at radius 1 is 0.857 bits per heavy atom. The van der Waals surface area contributed by atoms with Crippen LogP contribution in [-0.2, 0) is 32.0 Å². The smallest absolute Gasteiger partial charge is 0.409 e. The molecule has 35 heavy (non-hydrogen) atoms. The summed E-state index contributed by atoms with van der Waals surface area (Å²) in [5, 5.41) is -1.11. The van der Waals surface area contributed by atoms with Gasteiger partial charge in [0.2, 0.25) is 0 Å². The summed E-state index contributed by atoms with van der Waals surface area (Å²) in [6, 6.07) is 0. The predicted octanol–water partition coefficient (Wildman–Crippen LogP) is 7.39. The van der Waals surface area contributed by atoms with Crippen LogP contribution < -0.4 is 0 Å². The average Bonchev–Trinajstić information content (AvgIpc) is 2.77. The van der Waals surface area contributed by atoms with E-state index in [1.807, 2.05) is 13.0 Å². The van der Waals surface area contributed by atoms with Crippen molar-refractivity contribution in [1.29, 1.82) is 0 Å². The number of hydrogen-bond acceptors (Lipinski definition) is 8. The first kappa shape index (κ1) is 34.0. The van der Waals surface area contributed by atoms with Crippen LogP contribution in [0.4, 0.5) is 4.79 Å². The number of hydrogen-bond donors (Lipinski definition) is 0. The lowest BCUT2D eigenvalue weighted by Crippen LogP contribution is -2.28. The van der Waals surface area contributed by atoms with Crippen LogP contribution in [0.2, 0.25) is 0 Å². The molecule has 0 aromatic carbocycles. The van der Waals surface area contributed by atoms with E-state index in [0.717, 1.165) is 12.8 Å². The Morgan fingerprint density at radius 3 is 1.77 bits per heavy atom. The minimum absolute atomic E-state index is 0.0550. The van der Waals surface area contributed by atoms with Gasteiger partial charge >= 0.3 is 21.3 Å². The molecule has 0 bridgehead atoms. The molecule has 9 nitrogen and oxygen atoms in total. The first-order valence-corrected chi connectivity index (χ1v) is 15.7. The third-order valence-electron chi connectivity index (χ3n) is 4.91. The van der Waals surface area contributed by atoms with Gasteiger partial charge in [0.25, 0.3) is 0 Å². The van der Waals surface area contributed by atoms with E-state index in [0.29, 0.717) is 6.54 Å². The molecule has 0 aromatic heterocycles. The second-order valence-electron chi connectivity index (χ2n) is 8.24. The molecule has 0 spiro atoms. The SMILES string of the molecule is CCOP(=O)(OCC)C(CCCOC(=O)N(C)CC=C(C)CCC=C(C)C)P(=O)(OCC)OCC. The van der Waals surface area contributed by atoms with E-state index in [9.17, 15) is 13.9 Å². The lowest BCUT2D eigenvalue weighted by Gasteiger charge is -2.31. The van der Waals surface area contributed by atoms with E-state index in [4.69, 9.17) is 22.8 Å². The van der Waals surface area contributed by atoms with Crippen molar-refractivity contribution in [1.82, 2.24) is 4.90 Å². The lowest BCUT2D eigenvalue weighted by atomic mass is 10.1. The highest BCUT2D eigenvalue weighted by Crippen LogP contribution is 2.71. The van der Waals surface area contributed by atoms with Crippen LogP contribution in [0.15, 0.2) is 23.3 Å². The molecule has 206 valence electrons. The van der Waals surface area contributed by atoms with E-state index in [1.54, 1.807) is 34.7 Å². The summed E-state index contributed by atoms with van der Waals surface area (Å²) in [6.07, 6.45) is 6.05. The fourth-order valence-corrected chi connectivity index (χ4v) is 8.68. The molecule has 0 radical (unpaired) electrons. The molecule has 0 aliphatic carbocycles. The maximum Gasteiger partial charge on any atom is 0.409 e. The fourth-order valence-electron chi connectivity index (χ4n) is 3.22. The van der Waals surface area contributed by atoms with Gasteiger partial charge in [0, 0.05) is 13.6 Å². The zero-order valence-electron chi connectivity index (χ0n) is 22.9. The molecule has 0 aliphatic heterocycles. The van der Waals surface area contributed by atoms with E-state index < -0.39 is 26.7 Å². The molecule has 0 saturated heterocycles. The van der Waals surface area contributed by atoms with Gasteiger partial charge in [-0.3, -0.25) is 9.13 Å². The average molecular weight is 540 g/mol. The molecule has 0 N–H and O–H groups in total. The highest BCUT2D eigenvalue weighted by Gasteiger charge is 2.50. The first-order valence-electron chi connectivity index (χ1n) is 12.4. The van der Waals surface area contributed by atoms with Gasteiger partial charge in [0.15, 0.2) is 5.40 Å². The molecular weight excluding hydrogens is 492 g/mol. The molecule has 0 heterocycles. The van der Waals surface area contributed by atoms with Crippen molar-refractivity contribution < 1.29 is 36.8 Å². The largest absolute Gasteiger partial charge is 0.449 e. The Labute approximate surface area is 212 Å². The molecule has 0 saturated carbocycles. The monoisotopic (exact) mass is 539 g/mol. The van der Waals surface area contributed by atoms with Gasteiger partial charge in [0.1, 0.15) is 0 Å². The topological polar surface area (TPSA) is 101 Å². The zero-order valence-corrected chi connectivity index (χ0v) is 24.7. The molecule has 0 rings (SSSR count). The zero-order chi connectivity index (χ0) is 26.9. The Balaban J connectivity index is 5.10. The number of carbonyl (C=O) groups is 1. The molecular formula is C24H47NO8P2. The lowest BCUT2D eigenvalue weighted by molar-refractivity contribution is 0.112. The van der Waals surface area contributed by atoms with Crippen LogP contribution in [0.3, 0.4) is 0 Å². The summed E-state index contributed by atoms with van der Waals surface area (Å²) in [7, 11) is -5.95. The van der Waals surface area contributed by atoms with Crippen LogP contribution in [0, 0.1) is 0 Å². The predicted molar refractivity (Wildman–Crippen MR) is 141 cm³/mol. The third-order valence-corrected chi connectivity index (χ3v) is 11.1. The minimum atomic E-state index is -3.81. The molecule has 0 unspecified atom stereocenters. The highest BCUT2D eigenvalue weighted by molar-refractivity contribution is 7.72. The van der Waals surface area contributed by atoms with E-state index >= 15 is 0 Å². The van der Waals surface area contributed by atoms with E-state index in [1.165, 1.54) is 16.0 Å². The number of amides is 1. The van der Waals surface area contributed by atoms with Gasteiger partial charge in [0.05, 0.1) is 33.0 Å². The van der Waals surface area contributed by atoms with Gasteiger partial charge in [-0.2, -0.15) is 0 Å². The number of nitrogens with zero attached hydrogens (tertiary/aromatic N) is 1. The summed E-state index contributed by atoms with van der Waals surface area (Å²) < 4.78 is 54.2. The Bertz CT molecular complexity index is 715. The van der Waals surface area contributed by atoms with Gasteiger partial charge in [-0.05, 0) is 74.1 Å². The Kier molecular flexibility index (Phi) is 17.8. The number of ether oxygens (including phenoxy) is 1. The van der Waals surface area contributed by atoms with Crippen LogP contribution >= 0.6 is 15.2 Å². The maximum absolute atomic E-state index is 13.5. The second-order valence-corrected chi connectivity index (χ2v) is 13.1. The molecule has 0 aliphatic rings. The van der Waals surface area contributed by atoms with Gasteiger partial charge in [-0.15, -0.1) is 0 Å². The van der Waals surface area contributed by atoms with E-state index in [2.05, 4.69) is 19.9 Å². The quantitative estimate of drug-likeness (QED) is 0.0952. The summed E-state index contributed by atoms with van der Waals surface area (Å²) in [4.78, 5) is 13.8. The third kappa shape index (κ3) is 13.2. The minimum Gasteiger partial charge on any atom is -0.449 e. The number of carbonyl (C=O) groups excluding carboxylic acids is 1. The summed E-state index contributed by atoms with van der Waals surface area (Å²) >= 11 is 0. The molecule has 0 fully saturated rings. The van der Waals surface area contributed by atoms with Gasteiger partial charge in [-0.1, -0.05) is 23.3 Å². The molecule has 0 aromatic rings. The van der Waals surface area contributed by atoms with Gasteiger partial charge in [-0.25, -0.2) is 4.79 Å². The number of rotatable bonds is 19. The van der Waals surface area contributed by atoms with Crippen molar-refractivity contribution in [3.8, 4) is 0 Å². The van der Waals surface area contributed by atoms with Crippen LogP contribution in [0.5, 0.6) is 0 Å². The highest BCUT2D eigenvalue weighted by atomic mass is 31.2. The normalized spacial score (nSPS) is 12.7. The van der Waals surface area contributed by atoms with Crippen molar-refractivity contribution in [2.24, 2.45) is 0 Å². The number of allylic oxidation sites excluding steroid dienone is 3. The maximum atomic E-state index is 13.5. The molecule has 0 atom stereocenters. The Hall–Kier alpha value is -0.950. The molecule has 1 amide bonds. The van der Waals surface area contributed by atoms with Crippen LogP contribution in [0.25, 0.3) is 0 Å². The molecule has 11 heteroatoms. The van der Waals surface area contributed by atoms with Crippen molar-refractivity contribution in [2.75, 3.05) is 46.6 Å². The van der Waals surface area contributed by atoms with E-state index in [-0.39, 0.29) is 45.9 Å².